The van der Waals surface area contributed by atoms with Crippen LogP contribution < -0.4 is 19.6 Å². The number of piperidine rings is 1. The van der Waals surface area contributed by atoms with Crippen molar-refractivity contribution in [1.29, 1.82) is 0 Å². The molecule has 164 valence electrons. The number of hydrazone groups is 1. The Labute approximate surface area is 181 Å². The summed E-state index contributed by atoms with van der Waals surface area (Å²) in [6.45, 7) is 1.05. The van der Waals surface area contributed by atoms with E-state index in [2.05, 4.69) is 10.5 Å². The molecule has 1 aliphatic rings. The summed E-state index contributed by atoms with van der Waals surface area (Å²) in [6, 6.07) is 12.5. The Hall–Kier alpha value is -3.55. The topological polar surface area (TPSA) is 89.5 Å². The van der Waals surface area contributed by atoms with Crippen LogP contribution in [-0.4, -0.2) is 57.3 Å². The van der Waals surface area contributed by atoms with E-state index in [1.165, 1.54) is 6.21 Å². The number of amides is 2. The first-order valence-electron chi connectivity index (χ1n) is 10.0. The van der Waals surface area contributed by atoms with E-state index in [1.54, 1.807) is 56.6 Å². The fourth-order valence-electron chi connectivity index (χ4n) is 3.53. The van der Waals surface area contributed by atoms with Crippen LogP contribution in [-0.2, 0) is 4.79 Å². The molecule has 1 N–H and O–H groups in total. The quantitative estimate of drug-likeness (QED) is 0.544. The second-order valence-electron chi connectivity index (χ2n) is 7.11. The molecule has 2 aromatic carbocycles. The summed E-state index contributed by atoms with van der Waals surface area (Å²) in [7, 11) is 4.70. The smallest absolute Gasteiger partial charge is 0.253 e. The number of ether oxygens (including phenoxy) is 3. The average molecular weight is 425 g/mol. The van der Waals surface area contributed by atoms with Gasteiger partial charge < -0.3 is 19.1 Å². The molecule has 0 radical (unpaired) electrons. The lowest BCUT2D eigenvalue weighted by molar-refractivity contribution is -0.126. The largest absolute Gasteiger partial charge is 0.497 e. The highest BCUT2D eigenvalue weighted by Crippen LogP contribution is 2.29. The van der Waals surface area contributed by atoms with Gasteiger partial charge in [-0.15, -0.1) is 0 Å². The Bertz CT molecular complexity index is 935. The third kappa shape index (κ3) is 5.33. The van der Waals surface area contributed by atoms with Crippen molar-refractivity contribution in [2.24, 2.45) is 11.0 Å². The van der Waals surface area contributed by atoms with E-state index in [4.69, 9.17) is 14.2 Å². The molecular weight excluding hydrogens is 398 g/mol. The number of carbonyl (C=O) groups excluding carboxylic acids is 2. The van der Waals surface area contributed by atoms with Gasteiger partial charge >= 0.3 is 0 Å². The molecule has 3 rings (SSSR count). The van der Waals surface area contributed by atoms with Crippen LogP contribution in [0.25, 0.3) is 0 Å². The predicted octanol–water partition coefficient (Wildman–Crippen LogP) is 2.71. The van der Waals surface area contributed by atoms with E-state index >= 15 is 0 Å². The number of hydrogen-bond donors (Lipinski definition) is 1. The standard InChI is InChI=1S/C23H27N3O5/c1-29-19-9-7-17(8-10-19)23(28)26-13-11-16(12-14-26)22(27)25-24-15-18-5-4-6-20(30-2)21(18)31-3/h4-10,15-16H,11-14H2,1-3H3,(H,25,27)/b24-15-. The molecule has 2 amide bonds. The van der Waals surface area contributed by atoms with E-state index in [1.807, 2.05) is 12.1 Å². The van der Waals surface area contributed by atoms with Gasteiger partial charge in [-0.05, 0) is 49.2 Å². The Morgan fingerprint density at radius 1 is 1.00 bits per heavy atom. The van der Waals surface area contributed by atoms with E-state index < -0.39 is 0 Å². The minimum atomic E-state index is -0.190. The fraction of sp³-hybridized carbons (Fsp3) is 0.348. The minimum Gasteiger partial charge on any atom is -0.497 e. The molecule has 1 heterocycles. The molecule has 0 aliphatic carbocycles. The van der Waals surface area contributed by atoms with Crippen LogP contribution >= 0.6 is 0 Å². The third-order valence-corrected chi connectivity index (χ3v) is 5.30. The molecule has 31 heavy (non-hydrogen) atoms. The van der Waals surface area contributed by atoms with Crippen molar-refractivity contribution in [3.63, 3.8) is 0 Å². The summed E-state index contributed by atoms with van der Waals surface area (Å²) >= 11 is 0. The summed E-state index contributed by atoms with van der Waals surface area (Å²) in [5.41, 5.74) is 3.90. The highest BCUT2D eigenvalue weighted by Gasteiger charge is 2.27. The number of nitrogens with zero attached hydrogens (tertiary/aromatic N) is 2. The van der Waals surface area contributed by atoms with Crippen LogP contribution in [0.4, 0.5) is 0 Å². The number of methoxy groups -OCH3 is 3. The summed E-state index contributed by atoms with van der Waals surface area (Å²) in [4.78, 5) is 26.9. The van der Waals surface area contributed by atoms with Crippen LogP contribution in [0, 0.1) is 5.92 Å². The van der Waals surface area contributed by atoms with E-state index in [0.717, 1.165) is 0 Å². The molecule has 0 aromatic heterocycles. The molecule has 0 saturated carbocycles. The first-order chi connectivity index (χ1) is 15.1. The second kappa shape index (κ2) is 10.5. The zero-order chi connectivity index (χ0) is 22.2. The number of carbonyl (C=O) groups is 2. The van der Waals surface area contributed by atoms with Gasteiger partial charge in [0, 0.05) is 30.1 Å². The van der Waals surface area contributed by atoms with Crippen molar-refractivity contribution < 1.29 is 23.8 Å². The Kier molecular flexibility index (Phi) is 7.48. The van der Waals surface area contributed by atoms with E-state index in [0.29, 0.717) is 54.3 Å². The molecule has 0 atom stereocenters. The van der Waals surface area contributed by atoms with Gasteiger partial charge in [-0.3, -0.25) is 9.59 Å². The maximum Gasteiger partial charge on any atom is 0.253 e. The number of benzene rings is 2. The van der Waals surface area contributed by atoms with Crippen molar-refractivity contribution in [3.05, 3.63) is 53.6 Å². The van der Waals surface area contributed by atoms with Crippen molar-refractivity contribution in [2.75, 3.05) is 34.4 Å². The van der Waals surface area contributed by atoms with Crippen LogP contribution in [0.15, 0.2) is 47.6 Å². The Morgan fingerprint density at radius 2 is 1.71 bits per heavy atom. The molecule has 1 fully saturated rings. The number of nitrogens with one attached hydrogen (secondary N) is 1. The fourth-order valence-corrected chi connectivity index (χ4v) is 3.53. The zero-order valence-corrected chi connectivity index (χ0v) is 18.0. The SMILES string of the molecule is COc1ccc(C(=O)N2CCC(C(=O)N/N=C\c3cccc(OC)c3OC)CC2)cc1. The van der Waals surface area contributed by atoms with Crippen molar-refractivity contribution in [3.8, 4) is 17.2 Å². The van der Waals surface area contributed by atoms with Crippen LogP contribution in [0.5, 0.6) is 17.2 Å². The van der Waals surface area contributed by atoms with Crippen molar-refractivity contribution in [1.82, 2.24) is 10.3 Å². The lowest BCUT2D eigenvalue weighted by Gasteiger charge is -2.31. The zero-order valence-electron chi connectivity index (χ0n) is 18.0. The van der Waals surface area contributed by atoms with Gasteiger partial charge in [-0.1, -0.05) is 6.07 Å². The van der Waals surface area contributed by atoms with Crippen LogP contribution in [0.2, 0.25) is 0 Å². The summed E-state index contributed by atoms with van der Waals surface area (Å²) in [5.74, 6) is 1.46. The van der Waals surface area contributed by atoms with Crippen LogP contribution in [0.1, 0.15) is 28.8 Å². The van der Waals surface area contributed by atoms with Gasteiger partial charge in [0.15, 0.2) is 11.5 Å². The van der Waals surface area contributed by atoms with Crippen molar-refractivity contribution in [2.45, 2.75) is 12.8 Å². The minimum absolute atomic E-state index is 0.0374. The van der Waals surface area contributed by atoms with Crippen LogP contribution in [0.3, 0.4) is 0 Å². The lowest BCUT2D eigenvalue weighted by atomic mass is 9.95. The molecule has 8 nitrogen and oxygen atoms in total. The Morgan fingerprint density at radius 3 is 2.32 bits per heavy atom. The summed E-state index contributed by atoms with van der Waals surface area (Å²) < 4.78 is 15.7. The summed E-state index contributed by atoms with van der Waals surface area (Å²) in [6.07, 6.45) is 2.71. The normalized spacial score (nSPS) is 14.4. The molecule has 1 saturated heterocycles. The molecule has 8 heteroatoms. The molecule has 1 aliphatic heterocycles. The second-order valence-corrected chi connectivity index (χ2v) is 7.11. The highest BCUT2D eigenvalue weighted by molar-refractivity contribution is 5.94. The molecule has 2 aromatic rings. The van der Waals surface area contributed by atoms with Gasteiger partial charge in [-0.2, -0.15) is 5.10 Å². The number of para-hydroxylation sites is 1. The first kappa shape index (κ1) is 22.1. The monoisotopic (exact) mass is 425 g/mol. The average Bonchev–Trinajstić information content (AvgIpc) is 2.83. The third-order valence-electron chi connectivity index (χ3n) is 5.30. The Balaban J connectivity index is 1.52. The first-order valence-corrected chi connectivity index (χ1v) is 10.0. The highest BCUT2D eigenvalue weighted by atomic mass is 16.5. The van der Waals surface area contributed by atoms with Crippen molar-refractivity contribution >= 4 is 18.0 Å². The van der Waals surface area contributed by atoms with Gasteiger partial charge in [0.05, 0.1) is 27.5 Å². The van der Waals surface area contributed by atoms with Gasteiger partial charge in [-0.25, -0.2) is 5.43 Å². The van der Waals surface area contributed by atoms with E-state index in [-0.39, 0.29) is 17.7 Å². The predicted molar refractivity (Wildman–Crippen MR) is 117 cm³/mol. The van der Waals surface area contributed by atoms with Gasteiger partial charge in [0.2, 0.25) is 5.91 Å². The number of hydrogen-bond acceptors (Lipinski definition) is 6. The van der Waals surface area contributed by atoms with Gasteiger partial charge in [0.1, 0.15) is 5.75 Å². The number of likely N-dealkylation sites (tertiary alicyclic amines) is 1. The molecular formula is C23H27N3O5. The maximum atomic E-state index is 12.7. The molecule has 0 unspecified atom stereocenters. The molecule has 0 bridgehead atoms. The molecule has 0 spiro atoms. The maximum absolute atomic E-state index is 12.7. The van der Waals surface area contributed by atoms with Gasteiger partial charge in [0.25, 0.3) is 5.91 Å². The van der Waals surface area contributed by atoms with E-state index in [9.17, 15) is 9.59 Å². The summed E-state index contributed by atoms with van der Waals surface area (Å²) in [5, 5.41) is 4.07. The number of rotatable bonds is 7. The lowest BCUT2D eigenvalue weighted by Crippen LogP contribution is -2.42.